The zero-order valence-electron chi connectivity index (χ0n) is 10.3. The summed E-state index contributed by atoms with van der Waals surface area (Å²) in [5.74, 6) is -1.48. The maximum atomic E-state index is 13.7. The first-order chi connectivity index (χ1) is 8.99. The van der Waals surface area contributed by atoms with E-state index in [1.807, 2.05) is 0 Å². The van der Waals surface area contributed by atoms with Gasteiger partial charge in [0, 0.05) is 0 Å². The third-order valence-electron chi connectivity index (χ3n) is 2.78. The molecule has 0 spiro atoms. The van der Waals surface area contributed by atoms with Gasteiger partial charge < -0.3 is 16.2 Å². The monoisotopic (exact) mass is 260 g/mol. The number of para-hydroxylation sites is 1. The molecule has 2 aromatic carbocycles. The minimum Gasteiger partial charge on any atom is -0.478 e. The number of carboxylic acid groups (broad SMARTS) is 1. The average molecular weight is 260 g/mol. The molecule has 2 rings (SSSR count). The largest absolute Gasteiger partial charge is 0.478 e. The summed E-state index contributed by atoms with van der Waals surface area (Å²) in [5, 5.41) is 11.8. The molecular weight excluding hydrogens is 247 g/mol. The van der Waals surface area contributed by atoms with Crippen molar-refractivity contribution in [3.63, 3.8) is 0 Å². The average Bonchev–Trinajstić information content (AvgIpc) is 2.35. The molecule has 19 heavy (non-hydrogen) atoms. The lowest BCUT2D eigenvalue weighted by molar-refractivity contribution is 0.0697. The van der Waals surface area contributed by atoms with Crippen LogP contribution in [0.1, 0.15) is 15.9 Å². The molecule has 0 aliphatic rings. The van der Waals surface area contributed by atoms with Crippen LogP contribution in [0.3, 0.4) is 0 Å². The fourth-order valence-electron chi connectivity index (χ4n) is 1.72. The van der Waals surface area contributed by atoms with Gasteiger partial charge in [0.1, 0.15) is 5.82 Å². The quantitative estimate of drug-likeness (QED) is 0.741. The molecule has 4 N–H and O–H groups in total. The molecule has 98 valence electrons. The SMILES string of the molecule is Cc1cccc(F)c1Nc1cc(C(=O)O)ccc1N. The molecule has 0 amide bonds. The van der Waals surface area contributed by atoms with E-state index in [1.165, 1.54) is 24.3 Å². The molecule has 0 unspecified atom stereocenters. The second-order valence-corrected chi connectivity index (χ2v) is 4.16. The lowest BCUT2D eigenvalue weighted by Crippen LogP contribution is -2.03. The van der Waals surface area contributed by atoms with Gasteiger partial charge in [-0.05, 0) is 36.8 Å². The van der Waals surface area contributed by atoms with Crippen molar-refractivity contribution in [2.45, 2.75) is 6.92 Å². The Balaban J connectivity index is 2.43. The highest BCUT2D eigenvalue weighted by Crippen LogP contribution is 2.28. The molecule has 5 heteroatoms. The van der Waals surface area contributed by atoms with Crippen molar-refractivity contribution < 1.29 is 14.3 Å². The molecule has 0 radical (unpaired) electrons. The minimum atomic E-state index is -1.06. The zero-order valence-corrected chi connectivity index (χ0v) is 10.3. The van der Waals surface area contributed by atoms with Gasteiger partial charge in [0.25, 0.3) is 0 Å². The Labute approximate surface area is 109 Å². The van der Waals surface area contributed by atoms with Crippen LogP contribution in [0.15, 0.2) is 36.4 Å². The van der Waals surface area contributed by atoms with Crippen molar-refractivity contribution in [1.82, 2.24) is 0 Å². The molecule has 0 aliphatic heterocycles. The highest BCUT2D eigenvalue weighted by atomic mass is 19.1. The first-order valence-electron chi connectivity index (χ1n) is 5.64. The van der Waals surface area contributed by atoms with Crippen LogP contribution in [-0.2, 0) is 0 Å². The van der Waals surface area contributed by atoms with Crippen molar-refractivity contribution in [2.24, 2.45) is 0 Å². The van der Waals surface area contributed by atoms with E-state index in [0.29, 0.717) is 16.9 Å². The maximum Gasteiger partial charge on any atom is 0.335 e. The predicted octanol–water partition coefficient (Wildman–Crippen LogP) is 3.16. The Morgan fingerprint density at radius 3 is 2.68 bits per heavy atom. The van der Waals surface area contributed by atoms with E-state index in [1.54, 1.807) is 19.1 Å². The van der Waals surface area contributed by atoms with Crippen LogP contribution in [0.5, 0.6) is 0 Å². The summed E-state index contributed by atoms with van der Waals surface area (Å²) in [6.45, 7) is 1.75. The number of nitrogens with two attached hydrogens (primary N) is 1. The van der Waals surface area contributed by atoms with E-state index in [9.17, 15) is 9.18 Å². The smallest absolute Gasteiger partial charge is 0.335 e. The van der Waals surface area contributed by atoms with Crippen LogP contribution in [0.25, 0.3) is 0 Å². The topological polar surface area (TPSA) is 75.3 Å². The summed E-state index contributed by atoms with van der Waals surface area (Å²) in [5.41, 5.74) is 7.57. The molecule has 0 aliphatic carbocycles. The van der Waals surface area contributed by atoms with Gasteiger partial charge >= 0.3 is 5.97 Å². The van der Waals surface area contributed by atoms with Crippen LogP contribution in [0.4, 0.5) is 21.5 Å². The van der Waals surface area contributed by atoms with E-state index >= 15 is 0 Å². The Hall–Kier alpha value is -2.56. The van der Waals surface area contributed by atoms with Crippen molar-refractivity contribution in [2.75, 3.05) is 11.1 Å². The number of carbonyl (C=O) groups is 1. The first kappa shape index (κ1) is 12.9. The number of hydrogen-bond acceptors (Lipinski definition) is 3. The van der Waals surface area contributed by atoms with Crippen molar-refractivity contribution in [3.05, 3.63) is 53.3 Å². The highest BCUT2D eigenvalue weighted by molar-refractivity contribution is 5.91. The number of rotatable bonds is 3. The van der Waals surface area contributed by atoms with E-state index < -0.39 is 11.8 Å². The van der Waals surface area contributed by atoms with Crippen LogP contribution in [-0.4, -0.2) is 11.1 Å². The molecule has 2 aromatic rings. The van der Waals surface area contributed by atoms with E-state index in [2.05, 4.69) is 5.32 Å². The minimum absolute atomic E-state index is 0.0886. The number of halogens is 1. The van der Waals surface area contributed by atoms with Crippen LogP contribution in [0.2, 0.25) is 0 Å². The number of nitrogens with one attached hydrogen (secondary N) is 1. The zero-order chi connectivity index (χ0) is 14.0. The molecule has 0 atom stereocenters. The Morgan fingerprint density at radius 1 is 1.32 bits per heavy atom. The summed E-state index contributed by atoms with van der Waals surface area (Å²) >= 11 is 0. The number of aryl methyl sites for hydroxylation is 1. The van der Waals surface area contributed by atoms with Gasteiger partial charge in [0.05, 0.1) is 22.6 Å². The van der Waals surface area contributed by atoms with Crippen LogP contribution < -0.4 is 11.1 Å². The fraction of sp³-hybridized carbons (Fsp3) is 0.0714. The number of aromatic carboxylic acids is 1. The molecule has 4 nitrogen and oxygen atoms in total. The van der Waals surface area contributed by atoms with Crippen molar-refractivity contribution in [3.8, 4) is 0 Å². The number of anilines is 3. The lowest BCUT2D eigenvalue weighted by atomic mass is 10.1. The second-order valence-electron chi connectivity index (χ2n) is 4.16. The van der Waals surface area contributed by atoms with Gasteiger partial charge in [-0.2, -0.15) is 0 Å². The molecular formula is C14H13FN2O2. The molecule has 0 heterocycles. The number of benzene rings is 2. The van der Waals surface area contributed by atoms with Gasteiger partial charge in [0.2, 0.25) is 0 Å². The van der Waals surface area contributed by atoms with Crippen LogP contribution in [0, 0.1) is 12.7 Å². The standard InChI is InChI=1S/C14H13FN2O2/c1-8-3-2-4-10(15)13(8)17-12-7-9(14(18)19)5-6-11(12)16/h2-7,17H,16H2,1H3,(H,18,19). The first-order valence-corrected chi connectivity index (χ1v) is 5.64. The summed E-state index contributed by atoms with van der Waals surface area (Å²) in [6.07, 6.45) is 0. The summed E-state index contributed by atoms with van der Waals surface area (Å²) in [4.78, 5) is 10.9. The van der Waals surface area contributed by atoms with Crippen LogP contribution >= 0.6 is 0 Å². The summed E-state index contributed by atoms with van der Waals surface area (Å²) in [6, 6.07) is 8.94. The third kappa shape index (κ3) is 2.65. The van der Waals surface area contributed by atoms with Gasteiger partial charge in [-0.3, -0.25) is 0 Å². The van der Waals surface area contributed by atoms with Gasteiger partial charge in [-0.1, -0.05) is 12.1 Å². The van der Waals surface area contributed by atoms with Crippen molar-refractivity contribution in [1.29, 1.82) is 0 Å². The number of nitrogen functional groups attached to an aromatic ring is 1. The van der Waals surface area contributed by atoms with E-state index in [0.717, 1.165) is 0 Å². The van der Waals surface area contributed by atoms with E-state index in [-0.39, 0.29) is 11.3 Å². The number of carboxylic acids is 1. The Morgan fingerprint density at radius 2 is 2.05 bits per heavy atom. The second kappa shape index (κ2) is 4.97. The van der Waals surface area contributed by atoms with Crippen molar-refractivity contribution >= 4 is 23.0 Å². The predicted molar refractivity (Wildman–Crippen MR) is 72.2 cm³/mol. The number of hydrogen-bond donors (Lipinski definition) is 3. The van der Waals surface area contributed by atoms with Gasteiger partial charge in [-0.15, -0.1) is 0 Å². The molecule has 0 saturated heterocycles. The fourth-order valence-corrected chi connectivity index (χ4v) is 1.72. The normalized spacial score (nSPS) is 10.2. The molecule has 0 bridgehead atoms. The van der Waals surface area contributed by atoms with E-state index in [4.69, 9.17) is 10.8 Å². The Kier molecular flexibility index (Phi) is 3.37. The third-order valence-corrected chi connectivity index (χ3v) is 2.78. The summed E-state index contributed by atoms with van der Waals surface area (Å²) in [7, 11) is 0. The van der Waals surface area contributed by atoms with Gasteiger partial charge in [-0.25, -0.2) is 9.18 Å². The highest BCUT2D eigenvalue weighted by Gasteiger charge is 2.10. The Bertz CT molecular complexity index is 621. The molecule has 0 fully saturated rings. The molecule has 0 saturated carbocycles. The van der Waals surface area contributed by atoms with Gasteiger partial charge in [0.15, 0.2) is 0 Å². The molecule has 0 aromatic heterocycles. The lowest BCUT2D eigenvalue weighted by Gasteiger charge is -2.13. The summed E-state index contributed by atoms with van der Waals surface area (Å²) < 4.78 is 13.7. The maximum absolute atomic E-state index is 13.7.